The van der Waals surface area contributed by atoms with Crippen molar-refractivity contribution in [2.45, 2.75) is 56.9 Å². The zero-order valence-electron chi connectivity index (χ0n) is 12.2. The highest BCUT2D eigenvalue weighted by Crippen LogP contribution is 2.24. The average Bonchev–Trinajstić information content (AvgIpc) is 2.57. The molecule has 0 saturated heterocycles. The van der Waals surface area contributed by atoms with Gasteiger partial charge < -0.3 is 5.73 Å². The Kier molecular flexibility index (Phi) is 4.70. The van der Waals surface area contributed by atoms with Crippen LogP contribution in [-0.4, -0.2) is 14.5 Å². The number of nitrogens with one attached hydrogen (secondary N) is 1. The van der Waals surface area contributed by atoms with Crippen LogP contribution < -0.4 is 10.5 Å². The van der Waals surface area contributed by atoms with Crippen LogP contribution in [0, 0.1) is 12.8 Å². The molecule has 0 amide bonds. The molecule has 0 aliphatic heterocycles. The van der Waals surface area contributed by atoms with E-state index in [-0.39, 0.29) is 10.9 Å². The van der Waals surface area contributed by atoms with Crippen molar-refractivity contribution in [1.82, 2.24) is 4.72 Å². The summed E-state index contributed by atoms with van der Waals surface area (Å²) in [4.78, 5) is 0.262. The zero-order valence-corrected chi connectivity index (χ0v) is 13.0. The van der Waals surface area contributed by atoms with E-state index in [0.717, 1.165) is 31.2 Å². The van der Waals surface area contributed by atoms with Gasteiger partial charge in [0.05, 0.1) is 4.90 Å². The predicted octanol–water partition coefficient (Wildman–Crippen LogP) is 2.82. The highest BCUT2D eigenvalue weighted by atomic mass is 32.2. The van der Waals surface area contributed by atoms with Gasteiger partial charge in [-0.3, -0.25) is 0 Å². The maximum Gasteiger partial charge on any atom is 0.240 e. The lowest BCUT2D eigenvalue weighted by Crippen LogP contribution is -2.34. The van der Waals surface area contributed by atoms with Crippen LogP contribution in [0.1, 0.15) is 44.6 Å². The van der Waals surface area contributed by atoms with E-state index in [4.69, 9.17) is 5.73 Å². The largest absolute Gasteiger partial charge is 0.398 e. The summed E-state index contributed by atoms with van der Waals surface area (Å²) in [6, 6.07) is 4.95. The van der Waals surface area contributed by atoms with Crippen molar-refractivity contribution in [3.63, 3.8) is 0 Å². The average molecular weight is 296 g/mol. The van der Waals surface area contributed by atoms with E-state index in [1.807, 2.05) is 6.92 Å². The van der Waals surface area contributed by atoms with Gasteiger partial charge in [0.15, 0.2) is 0 Å². The smallest absolute Gasteiger partial charge is 0.240 e. The van der Waals surface area contributed by atoms with E-state index in [0.29, 0.717) is 11.6 Å². The molecule has 0 heterocycles. The van der Waals surface area contributed by atoms with E-state index in [1.165, 1.54) is 12.5 Å². The van der Waals surface area contributed by atoms with E-state index in [2.05, 4.69) is 11.6 Å². The molecule has 1 fully saturated rings. The number of sulfonamides is 1. The number of nitrogens with two attached hydrogens (primary N) is 1. The fourth-order valence-electron chi connectivity index (χ4n) is 2.68. The van der Waals surface area contributed by atoms with Gasteiger partial charge in [0.2, 0.25) is 10.0 Å². The fraction of sp³-hybridized carbons (Fsp3) is 0.600. The number of nitrogen functional groups attached to an aromatic ring is 1. The van der Waals surface area contributed by atoms with Gasteiger partial charge >= 0.3 is 0 Å². The standard InChI is InChI=1S/C15H24N2O2S/c1-11-4-3-5-13(8-6-11)17-20(18,19)14-9-7-12(2)15(16)10-14/h7,9-11,13,17H,3-6,8,16H2,1-2H3. The Morgan fingerprint density at radius 2 is 1.95 bits per heavy atom. The normalized spacial score (nSPS) is 24.3. The first-order valence-electron chi connectivity index (χ1n) is 7.27. The second-order valence-corrected chi connectivity index (χ2v) is 7.66. The second-order valence-electron chi connectivity index (χ2n) is 5.95. The van der Waals surface area contributed by atoms with Crippen molar-refractivity contribution in [1.29, 1.82) is 0 Å². The first kappa shape index (κ1) is 15.3. The number of anilines is 1. The number of hydrogen-bond donors (Lipinski definition) is 2. The topological polar surface area (TPSA) is 72.2 Å². The molecule has 1 aliphatic rings. The van der Waals surface area contributed by atoms with E-state index in [1.54, 1.807) is 12.1 Å². The molecule has 2 atom stereocenters. The molecule has 1 aromatic carbocycles. The summed E-state index contributed by atoms with van der Waals surface area (Å²) in [5.74, 6) is 0.694. The number of benzene rings is 1. The third-order valence-electron chi connectivity index (χ3n) is 4.14. The molecule has 20 heavy (non-hydrogen) atoms. The molecule has 0 radical (unpaired) electrons. The third kappa shape index (κ3) is 3.73. The number of aryl methyl sites for hydroxylation is 1. The predicted molar refractivity (Wildman–Crippen MR) is 81.9 cm³/mol. The van der Waals surface area contributed by atoms with Crippen LogP contribution in [-0.2, 0) is 10.0 Å². The summed E-state index contributed by atoms with van der Waals surface area (Å²) in [5, 5.41) is 0. The molecule has 1 saturated carbocycles. The summed E-state index contributed by atoms with van der Waals surface area (Å²) in [5.41, 5.74) is 7.21. The van der Waals surface area contributed by atoms with Gasteiger partial charge in [0.25, 0.3) is 0 Å². The van der Waals surface area contributed by atoms with Crippen LogP contribution >= 0.6 is 0 Å². The van der Waals surface area contributed by atoms with Crippen molar-refractivity contribution < 1.29 is 8.42 Å². The molecular formula is C15H24N2O2S. The highest BCUT2D eigenvalue weighted by molar-refractivity contribution is 7.89. The molecule has 0 spiro atoms. The van der Waals surface area contributed by atoms with Crippen molar-refractivity contribution in [3.8, 4) is 0 Å². The minimum absolute atomic E-state index is 0.0486. The Hall–Kier alpha value is -1.07. The minimum atomic E-state index is -3.46. The van der Waals surface area contributed by atoms with Crippen LogP contribution in [0.3, 0.4) is 0 Å². The van der Waals surface area contributed by atoms with E-state index >= 15 is 0 Å². The van der Waals surface area contributed by atoms with Crippen molar-refractivity contribution in [2.24, 2.45) is 5.92 Å². The van der Waals surface area contributed by atoms with Gasteiger partial charge in [-0.1, -0.05) is 25.8 Å². The Bertz CT molecular complexity index is 569. The molecule has 112 valence electrons. The molecule has 3 N–H and O–H groups in total. The van der Waals surface area contributed by atoms with E-state index in [9.17, 15) is 8.42 Å². The maximum atomic E-state index is 12.4. The Morgan fingerprint density at radius 3 is 2.65 bits per heavy atom. The summed E-state index contributed by atoms with van der Waals surface area (Å²) in [6.07, 6.45) is 5.20. The van der Waals surface area contributed by atoms with Crippen LogP contribution in [0.15, 0.2) is 23.1 Å². The summed E-state index contributed by atoms with van der Waals surface area (Å²) in [7, 11) is -3.46. The number of hydrogen-bond acceptors (Lipinski definition) is 3. The maximum absolute atomic E-state index is 12.4. The monoisotopic (exact) mass is 296 g/mol. The van der Waals surface area contributed by atoms with Crippen LogP contribution in [0.2, 0.25) is 0 Å². The van der Waals surface area contributed by atoms with Crippen LogP contribution in [0.25, 0.3) is 0 Å². The summed E-state index contributed by atoms with van der Waals surface area (Å²) >= 11 is 0. The number of rotatable bonds is 3. The van der Waals surface area contributed by atoms with Gasteiger partial charge in [-0.25, -0.2) is 13.1 Å². The van der Waals surface area contributed by atoms with Gasteiger partial charge in [-0.05, 0) is 49.8 Å². The van der Waals surface area contributed by atoms with Gasteiger partial charge in [-0.2, -0.15) is 0 Å². The molecule has 2 unspecified atom stereocenters. The molecule has 1 aliphatic carbocycles. The SMILES string of the molecule is Cc1ccc(S(=O)(=O)NC2CCCC(C)CC2)cc1N. The Labute approximate surface area is 121 Å². The van der Waals surface area contributed by atoms with Gasteiger partial charge in [-0.15, -0.1) is 0 Å². The summed E-state index contributed by atoms with van der Waals surface area (Å²) in [6.45, 7) is 4.10. The molecule has 0 aromatic heterocycles. The van der Waals surface area contributed by atoms with Gasteiger partial charge in [0.1, 0.15) is 0 Å². The lowest BCUT2D eigenvalue weighted by Gasteiger charge is -2.17. The first-order chi connectivity index (χ1) is 9.38. The van der Waals surface area contributed by atoms with Crippen molar-refractivity contribution in [2.75, 3.05) is 5.73 Å². The summed E-state index contributed by atoms with van der Waals surface area (Å²) < 4.78 is 27.6. The first-order valence-corrected chi connectivity index (χ1v) is 8.75. The Morgan fingerprint density at radius 1 is 1.20 bits per heavy atom. The zero-order chi connectivity index (χ0) is 14.8. The molecular weight excluding hydrogens is 272 g/mol. The molecule has 5 heteroatoms. The lowest BCUT2D eigenvalue weighted by molar-refractivity contribution is 0.484. The quantitative estimate of drug-likeness (QED) is 0.665. The second kappa shape index (κ2) is 6.14. The van der Waals surface area contributed by atoms with Crippen molar-refractivity contribution in [3.05, 3.63) is 23.8 Å². The lowest BCUT2D eigenvalue weighted by atomic mass is 10.0. The van der Waals surface area contributed by atoms with Crippen LogP contribution in [0.4, 0.5) is 5.69 Å². The molecule has 4 nitrogen and oxygen atoms in total. The van der Waals surface area contributed by atoms with Crippen molar-refractivity contribution >= 4 is 15.7 Å². The van der Waals surface area contributed by atoms with E-state index < -0.39 is 10.0 Å². The molecule has 2 rings (SSSR count). The van der Waals surface area contributed by atoms with Crippen LogP contribution in [0.5, 0.6) is 0 Å². The third-order valence-corrected chi connectivity index (χ3v) is 5.66. The minimum Gasteiger partial charge on any atom is -0.398 e. The Balaban J connectivity index is 2.12. The van der Waals surface area contributed by atoms with Gasteiger partial charge in [0, 0.05) is 11.7 Å². The molecule has 0 bridgehead atoms. The molecule has 1 aromatic rings. The highest BCUT2D eigenvalue weighted by Gasteiger charge is 2.23. The fourth-order valence-corrected chi connectivity index (χ4v) is 4.02.